The quantitative estimate of drug-likeness (QED) is 0.941. The van der Waals surface area contributed by atoms with Gasteiger partial charge in [-0.3, -0.25) is 0 Å². The first-order chi connectivity index (χ1) is 10.8. The third kappa shape index (κ3) is 4.05. The van der Waals surface area contributed by atoms with Crippen LogP contribution in [-0.2, 0) is 17.7 Å². The molecule has 5 nitrogen and oxygen atoms in total. The molecule has 22 heavy (non-hydrogen) atoms. The van der Waals surface area contributed by atoms with Gasteiger partial charge in [-0.15, -0.1) is 11.3 Å². The Morgan fingerprint density at radius 2 is 2.05 bits per heavy atom. The summed E-state index contributed by atoms with van der Waals surface area (Å²) in [6, 6.07) is 10.3. The highest BCUT2D eigenvalue weighted by Crippen LogP contribution is 2.17. The highest BCUT2D eigenvalue weighted by molar-refractivity contribution is 7.11. The Morgan fingerprint density at radius 3 is 2.82 bits per heavy atom. The fourth-order valence-electron chi connectivity index (χ4n) is 2.34. The highest BCUT2D eigenvalue weighted by Gasteiger charge is 2.16. The lowest BCUT2D eigenvalue weighted by Gasteiger charge is -2.26. The number of benzene rings is 1. The van der Waals surface area contributed by atoms with Crippen LogP contribution < -0.4 is 5.32 Å². The van der Waals surface area contributed by atoms with Crippen molar-refractivity contribution in [2.45, 2.75) is 13.0 Å². The molecule has 0 radical (unpaired) electrons. The number of rotatable bonds is 4. The number of amides is 2. The van der Waals surface area contributed by atoms with Crippen molar-refractivity contribution in [1.82, 2.24) is 15.2 Å². The molecule has 2 heterocycles. The Kier molecular flexibility index (Phi) is 5.03. The number of hydrogen-bond acceptors (Lipinski definition) is 4. The van der Waals surface area contributed by atoms with Gasteiger partial charge in [-0.1, -0.05) is 30.3 Å². The zero-order chi connectivity index (χ0) is 15.2. The molecule has 1 fully saturated rings. The Hall–Kier alpha value is -1.92. The average molecular weight is 317 g/mol. The Morgan fingerprint density at radius 1 is 1.27 bits per heavy atom. The lowest BCUT2D eigenvalue weighted by atomic mass is 10.1. The monoisotopic (exact) mass is 317 g/mol. The topological polar surface area (TPSA) is 54.5 Å². The summed E-state index contributed by atoms with van der Waals surface area (Å²) in [5.41, 5.74) is 1.27. The first-order valence-electron chi connectivity index (χ1n) is 7.39. The third-order valence-corrected chi connectivity index (χ3v) is 4.51. The van der Waals surface area contributed by atoms with Crippen molar-refractivity contribution in [3.8, 4) is 0 Å². The van der Waals surface area contributed by atoms with Crippen molar-refractivity contribution in [3.63, 3.8) is 0 Å². The summed E-state index contributed by atoms with van der Waals surface area (Å²) in [5.74, 6) is 0. The van der Waals surface area contributed by atoms with Crippen LogP contribution in [0.5, 0.6) is 0 Å². The molecular formula is C16H19N3O2S. The van der Waals surface area contributed by atoms with Gasteiger partial charge in [0.15, 0.2) is 0 Å². The van der Waals surface area contributed by atoms with Crippen LogP contribution in [0.2, 0.25) is 0 Å². The summed E-state index contributed by atoms with van der Waals surface area (Å²) in [5, 5.41) is 3.86. The number of carbonyl (C=O) groups is 1. The number of hydrogen-bond donors (Lipinski definition) is 1. The molecule has 2 amide bonds. The molecule has 0 aliphatic carbocycles. The number of aromatic nitrogens is 1. The number of ether oxygens (including phenoxy) is 1. The smallest absolute Gasteiger partial charge is 0.317 e. The summed E-state index contributed by atoms with van der Waals surface area (Å²) in [6.45, 7) is 3.03. The zero-order valence-corrected chi connectivity index (χ0v) is 13.1. The number of carbonyl (C=O) groups excluding carboxylic acids is 1. The second-order valence-electron chi connectivity index (χ2n) is 5.14. The van der Waals surface area contributed by atoms with Gasteiger partial charge in [0.05, 0.1) is 19.8 Å². The molecule has 0 bridgehead atoms. The fourth-order valence-corrected chi connectivity index (χ4v) is 3.23. The maximum absolute atomic E-state index is 12.0. The number of nitrogens with zero attached hydrogens (tertiary/aromatic N) is 2. The largest absolute Gasteiger partial charge is 0.378 e. The summed E-state index contributed by atoms with van der Waals surface area (Å²) in [6.07, 6.45) is 2.78. The van der Waals surface area contributed by atoms with E-state index >= 15 is 0 Å². The highest BCUT2D eigenvalue weighted by atomic mass is 32.1. The van der Waals surface area contributed by atoms with Crippen molar-refractivity contribution >= 4 is 17.4 Å². The van der Waals surface area contributed by atoms with Crippen molar-refractivity contribution in [3.05, 3.63) is 52.0 Å². The predicted molar refractivity (Wildman–Crippen MR) is 86.0 cm³/mol. The zero-order valence-electron chi connectivity index (χ0n) is 12.3. The van der Waals surface area contributed by atoms with Crippen LogP contribution in [0.15, 0.2) is 36.5 Å². The van der Waals surface area contributed by atoms with Crippen LogP contribution in [0.25, 0.3) is 0 Å². The number of morpholine rings is 1. The Balaban J connectivity index is 1.50. The Labute approximate surface area is 133 Å². The first-order valence-corrected chi connectivity index (χ1v) is 8.21. The van der Waals surface area contributed by atoms with Gasteiger partial charge in [0.2, 0.25) is 0 Å². The number of thiazole rings is 1. The van der Waals surface area contributed by atoms with Crippen LogP contribution in [0.1, 0.15) is 15.4 Å². The van der Waals surface area contributed by atoms with E-state index in [1.54, 1.807) is 16.2 Å². The van der Waals surface area contributed by atoms with Crippen LogP contribution in [-0.4, -0.2) is 42.2 Å². The van der Waals surface area contributed by atoms with Gasteiger partial charge >= 0.3 is 6.03 Å². The van der Waals surface area contributed by atoms with Gasteiger partial charge in [-0.2, -0.15) is 0 Å². The molecule has 1 N–H and O–H groups in total. The van der Waals surface area contributed by atoms with Crippen LogP contribution in [0.4, 0.5) is 4.79 Å². The third-order valence-electron chi connectivity index (χ3n) is 3.51. The van der Waals surface area contributed by atoms with E-state index in [2.05, 4.69) is 22.4 Å². The molecule has 0 spiro atoms. The van der Waals surface area contributed by atoms with Gasteiger partial charge in [0.25, 0.3) is 0 Å². The molecule has 1 aromatic carbocycles. The summed E-state index contributed by atoms with van der Waals surface area (Å²) >= 11 is 1.65. The van der Waals surface area contributed by atoms with E-state index in [4.69, 9.17) is 4.74 Å². The lowest BCUT2D eigenvalue weighted by molar-refractivity contribution is 0.0531. The van der Waals surface area contributed by atoms with E-state index in [1.165, 1.54) is 10.4 Å². The molecule has 116 valence electrons. The predicted octanol–water partition coefficient (Wildman–Crippen LogP) is 2.28. The molecule has 1 aliphatic heterocycles. The molecule has 1 aliphatic rings. The second kappa shape index (κ2) is 7.38. The van der Waals surface area contributed by atoms with Crippen molar-refractivity contribution in [2.24, 2.45) is 0 Å². The van der Waals surface area contributed by atoms with Gasteiger partial charge in [-0.25, -0.2) is 9.78 Å². The lowest BCUT2D eigenvalue weighted by Crippen LogP contribution is -2.45. The normalized spacial score (nSPS) is 14.8. The summed E-state index contributed by atoms with van der Waals surface area (Å²) in [4.78, 5) is 19.4. The minimum absolute atomic E-state index is 0.0388. The van der Waals surface area contributed by atoms with Gasteiger partial charge in [-0.05, 0) is 5.56 Å². The minimum Gasteiger partial charge on any atom is -0.378 e. The Bertz CT molecular complexity index is 609. The van der Waals surface area contributed by atoms with Gasteiger partial charge in [0, 0.05) is 30.6 Å². The van der Waals surface area contributed by atoms with Crippen LogP contribution >= 0.6 is 11.3 Å². The minimum atomic E-state index is -0.0388. The first kappa shape index (κ1) is 15.0. The summed E-state index contributed by atoms with van der Waals surface area (Å²) in [7, 11) is 0. The molecule has 6 heteroatoms. The molecule has 1 saturated heterocycles. The van der Waals surface area contributed by atoms with E-state index in [-0.39, 0.29) is 6.03 Å². The van der Waals surface area contributed by atoms with E-state index < -0.39 is 0 Å². The SMILES string of the molecule is O=C(NCc1ncc(Cc2ccccc2)s1)N1CCOCC1. The maximum atomic E-state index is 12.0. The van der Waals surface area contributed by atoms with Crippen LogP contribution in [0.3, 0.4) is 0 Å². The van der Waals surface area contributed by atoms with Crippen molar-refractivity contribution in [1.29, 1.82) is 0 Å². The molecule has 0 atom stereocenters. The molecule has 0 unspecified atom stereocenters. The molecular weight excluding hydrogens is 298 g/mol. The maximum Gasteiger partial charge on any atom is 0.317 e. The van der Waals surface area contributed by atoms with E-state index in [0.29, 0.717) is 32.8 Å². The number of nitrogens with one attached hydrogen (secondary N) is 1. The van der Waals surface area contributed by atoms with E-state index in [1.807, 2.05) is 24.4 Å². The fraction of sp³-hybridized carbons (Fsp3) is 0.375. The van der Waals surface area contributed by atoms with Gasteiger partial charge < -0.3 is 15.0 Å². The average Bonchev–Trinajstić information content (AvgIpc) is 3.02. The molecule has 2 aromatic rings. The van der Waals surface area contributed by atoms with Crippen molar-refractivity contribution in [2.75, 3.05) is 26.3 Å². The van der Waals surface area contributed by atoms with E-state index in [0.717, 1.165) is 11.4 Å². The van der Waals surface area contributed by atoms with Crippen molar-refractivity contribution < 1.29 is 9.53 Å². The van der Waals surface area contributed by atoms with Gasteiger partial charge in [0.1, 0.15) is 5.01 Å². The van der Waals surface area contributed by atoms with E-state index in [9.17, 15) is 4.79 Å². The molecule has 0 saturated carbocycles. The second-order valence-corrected chi connectivity index (χ2v) is 6.34. The molecule has 3 rings (SSSR count). The summed E-state index contributed by atoms with van der Waals surface area (Å²) < 4.78 is 5.24. The molecule has 1 aromatic heterocycles. The van der Waals surface area contributed by atoms with Crippen LogP contribution in [0, 0.1) is 0 Å². The standard InChI is InChI=1S/C16H19N3O2S/c20-16(19-6-8-21-9-7-19)18-12-15-17-11-14(22-15)10-13-4-2-1-3-5-13/h1-5,11H,6-10,12H2,(H,18,20). The number of urea groups is 1.